The Morgan fingerprint density at radius 3 is 3.04 bits per heavy atom. The van der Waals surface area contributed by atoms with E-state index in [1.54, 1.807) is 17.4 Å². The van der Waals surface area contributed by atoms with Gasteiger partial charge in [0.05, 0.1) is 17.4 Å². The molecule has 0 bridgehead atoms. The van der Waals surface area contributed by atoms with Crippen molar-refractivity contribution in [3.63, 3.8) is 0 Å². The molecule has 26 heavy (non-hydrogen) atoms. The highest BCUT2D eigenvalue weighted by Crippen LogP contribution is 2.17. The number of ether oxygens (including phenoxy) is 1. The summed E-state index contributed by atoms with van der Waals surface area (Å²) >= 11 is 1.56. The Morgan fingerprint density at radius 2 is 2.23 bits per heavy atom. The molecule has 1 atom stereocenters. The third kappa shape index (κ3) is 3.45. The molecule has 0 spiro atoms. The van der Waals surface area contributed by atoms with E-state index in [2.05, 4.69) is 20.5 Å². The van der Waals surface area contributed by atoms with E-state index in [4.69, 9.17) is 4.74 Å². The minimum Gasteiger partial charge on any atom is -0.487 e. The van der Waals surface area contributed by atoms with Gasteiger partial charge >= 0.3 is 0 Å². The Morgan fingerprint density at radius 1 is 1.38 bits per heavy atom. The number of H-pyrrole nitrogens is 1. The monoisotopic (exact) mass is 367 g/mol. The second kappa shape index (κ2) is 7.01. The molecule has 4 rings (SSSR count). The maximum Gasteiger partial charge on any atom is 0.272 e. The highest BCUT2D eigenvalue weighted by molar-refractivity contribution is 7.15. The van der Waals surface area contributed by atoms with Crippen LogP contribution < -0.4 is 10.1 Å². The molecular weight excluding hydrogens is 350 g/mol. The minimum absolute atomic E-state index is 0.213. The number of para-hydroxylation sites is 1. The summed E-state index contributed by atoms with van der Waals surface area (Å²) in [5.41, 5.74) is 1.87. The number of carbonyl (C=O) groups excluding carboxylic acids is 1. The number of hydrogen-bond acceptors (Lipinski definition) is 5. The van der Waals surface area contributed by atoms with E-state index in [1.165, 1.54) is 0 Å². The SMILES string of the molecule is C[C@@H](NC(=O)c1cc(COc2ccccc2)[nH]n1)c1cn2ccsc2n1. The van der Waals surface area contributed by atoms with Gasteiger partial charge in [0.25, 0.3) is 5.91 Å². The van der Waals surface area contributed by atoms with Gasteiger partial charge in [-0.3, -0.25) is 14.3 Å². The van der Waals surface area contributed by atoms with Gasteiger partial charge in [-0.1, -0.05) is 18.2 Å². The summed E-state index contributed by atoms with van der Waals surface area (Å²) in [6, 6.07) is 11.0. The van der Waals surface area contributed by atoms with Crippen molar-refractivity contribution in [3.8, 4) is 5.75 Å². The summed E-state index contributed by atoms with van der Waals surface area (Å²) in [7, 11) is 0. The Kier molecular flexibility index (Phi) is 4.40. The third-order valence-electron chi connectivity index (χ3n) is 3.90. The number of nitrogens with zero attached hydrogens (tertiary/aromatic N) is 3. The molecule has 3 aromatic heterocycles. The van der Waals surface area contributed by atoms with Crippen LogP contribution in [0.1, 0.15) is 34.8 Å². The van der Waals surface area contributed by atoms with Crippen LogP contribution in [0.15, 0.2) is 54.2 Å². The number of fused-ring (bicyclic) bond motifs is 1. The number of imidazole rings is 1. The first-order valence-electron chi connectivity index (χ1n) is 8.14. The fourth-order valence-corrected chi connectivity index (χ4v) is 3.24. The average Bonchev–Trinajstić information content (AvgIpc) is 3.36. The molecule has 0 fully saturated rings. The number of rotatable bonds is 6. The normalized spacial score (nSPS) is 12.2. The molecule has 132 valence electrons. The molecule has 0 aliphatic heterocycles. The van der Waals surface area contributed by atoms with E-state index < -0.39 is 0 Å². The number of benzene rings is 1. The lowest BCUT2D eigenvalue weighted by molar-refractivity contribution is 0.0934. The van der Waals surface area contributed by atoms with E-state index in [0.717, 1.165) is 22.1 Å². The lowest BCUT2D eigenvalue weighted by Crippen LogP contribution is -2.27. The molecule has 0 saturated carbocycles. The molecule has 3 heterocycles. The highest BCUT2D eigenvalue weighted by atomic mass is 32.1. The van der Waals surface area contributed by atoms with Crippen molar-refractivity contribution in [3.05, 3.63) is 71.3 Å². The smallest absolute Gasteiger partial charge is 0.272 e. The van der Waals surface area contributed by atoms with Gasteiger partial charge in [-0.2, -0.15) is 5.10 Å². The van der Waals surface area contributed by atoms with Crippen molar-refractivity contribution in [2.45, 2.75) is 19.6 Å². The summed E-state index contributed by atoms with van der Waals surface area (Å²) in [5.74, 6) is 0.512. The number of hydrogen-bond donors (Lipinski definition) is 2. The van der Waals surface area contributed by atoms with Crippen LogP contribution in [0.3, 0.4) is 0 Å². The largest absolute Gasteiger partial charge is 0.487 e. The van der Waals surface area contributed by atoms with Gasteiger partial charge in [0.2, 0.25) is 0 Å². The highest BCUT2D eigenvalue weighted by Gasteiger charge is 2.17. The molecule has 1 aromatic carbocycles. The number of carbonyl (C=O) groups is 1. The summed E-state index contributed by atoms with van der Waals surface area (Å²) < 4.78 is 7.59. The lowest BCUT2D eigenvalue weighted by Gasteiger charge is -2.09. The topological polar surface area (TPSA) is 84.3 Å². The predicted molar refractivity (Wildman–Crippen MR) is 98.3 cm³/mol. The lowest BCUT2D eigenvalue weighted by atomic mass is 10.2. The second-order valence-electron chi connectivity index (χ2n) is 5.83. The zero-order valence-electron chi connectivity index (χ0n) is 14.0. The zero-order valence-corrected chi connectivity index (χ0v) is 14.9. The predicted octanol–water partition coefficient (Wildman–Crippen LogP) is 3.19. The van der Waals surface area contributed by atoms with Crippen LogP contribution in [0.5, 0.6) is 5.75 Å². The standard InChI is InChI=1S/C18H17N5O2S/c1-12(16-10-23-7-8-26-18(23)20-16)19-17(24)15-9-13(21-22-15)11-25-14-5-3-2-4-6-14/h2-10,12H,11H2,1H3,(H,19,24)(H,21,22)/t12-/m1/s1. The van der Waals surface area contributed by atoms with E-state index >= 15 is 0 Å². The van der Waals surface area contributed by atoms with Crippen LogP contribution in [0.25, 0.3) is 4.96 Å². The van der Waals surface area contributed by atoms with Crippen molar-refractivity contribution >= 4 is 22.2 Å². The van der Waals surface area contributed by atoms with Gasteiger partial charge in [-0.15, -0.1) is 11.3 Å². The van der Waals surface area contributed by atoms with Crippen LogP contribution in [0, 0.1) is 0 Å². The molecule has 0 radical (unpaired) electrons. The molecule has 8 heteroatoms. The Balaban J connectivity index is 1.37. The van der Waals surface area contributed by atoms with E-state index in [9.17, 15) is 4.79 Å². The molecular formula is C18H17N5O2S. The molecule has 4 aromatic rings. The summed E-state index contributed by atoms with van der Waals surface area (Å²) in [6.07, 6.45) is 3.86. The Labute approximate surface area is 153 Å². The first kappa shape index (κ1) is 16.3. The van der Waals surface area contributed by atoms with Gasteiger partial charge in [-0.05, 0) is 25.1 Å². The molecule has 1 amide bonds. The summed E-state index contributed by atoms with van der Waals surface area (Å²) in [6.45, 7) is 2.22. The quantitative estimate of drug-likeness (QED) is 0.548. The van der Waals surface area contributed by atoms with Crippen molar-refractivity contribution in [1.82, 2.24) is 24.9 Å². The van der Waals surface area contributed by atoms with Crippen molar-refractivity contribution in [1.29, 1.82) is 0 Å². The average molecular weight is 367 g/mol. The maximum atomic E-state index is 12.4. The Bertz CT molecular complexity index is 992. The van der Waals surface area contributed by atoms with Crippen molar-refractivity contribution in [2.75, 3.05) is 0 Å². The van der Waals surface area contributed by atoms with Crippen molar-refractivity contribution in [2.24, 2.45) is 0 Å². The molecule has 0 aliphatic rings. The minimum atomic E-state index is -0.254. The summed E-state index contributed by atoms with van der Waals surface area (Å²) in [5, 5.41) is 11.8. The van der Waals surface area contributed by atoms with Crippen molar-refractivity contribution < 1.29 is 9.53 Å². The number of aromatic nitrogens is 4. The number of thiazole rings is 1. The fraction of sp³-hybridized carbons (Fsp3) is 0.167. The van der Waals surface area contributed by atoms with Gasteiger partial charge < -0.3 is 10.1 Å². The molecule has 2 N–H and O–H groups in total. The second-order valence-corrected chi connectivity index (χ2v) is 6.71. The molecule has 0 saturated heterocycles. The van der Waals surface area contributed by atoms with Gasteiger partial charge in [-0.25, -0.2) is 4.98 Å². The van der Waals surface area contributed by atoms with Crippen LogP contribution in [0.2, 0.25) is 0 Å². The van der Waals surface area contributed by atoms with E-state index in [0.29, 0.717) is 12.3 Å². The first-order valence-corrected chi connectivity index (χ1v) is 9.02. The number of nitrogens with one attached hydrogen (secondary N) is 2. The maximum absolute atomic E-state index is 12.4. The van der Waals surface area contributed by atoms with Gasteiger partial charge in [0.1, 0.15) is 18.1 Å². The van der Waals surface area contributed by atoms with Gasteiger partial charge in [0.15, 0.2) is 4.96 Å². The van der Waals surface area contributed by atoms with Crippen LogP contribution in [0.4, 0.5) is 0 Å². The zero-order chi connectivity index (χ0) is 17.9. The van der Waals surface area contributed by atoms with Crippen LogP contribution >= 0.6 is 11.3 Å². The molecule has 0 unspecified atom stereocenters. The van der Waals surface area contributed by atoms with Crippen LogP contribution in [-0.2, 0) is 6.61 Å². The fourth-order valence-electron chi connectivity index (χ4n) is 2.53. The van der Waals surface area contributed by atoms with E-state index in [-0.39, 0.29) is 11.9 Å². The van der Waals surface area contributed by atoms with E-state index in [1.807, 2.05) is 59.4 Å². The Hall–Kier alpha value is -3.13. The number of amides is 1. The van der Waals surface area contributed by atoms with Gasteiger partial charge in [0, 0.05) is 17.8 Å². The third-order valence-corrected chi connectivity index (χ3v) is 4.67. The summed E-state index contributed by atoms with van der Waals surface area (Å²) in [4.78, 5) is 17.8. The first-order chi connectivity index (χ1) is 12.7. The molecule has 0 aliphatic carbocycles. The molecule has 7 nitrogen and oxygen atoms in total. The number of aromatic amines is 1. The van der Waals surface area contributed by atoms with Crippen LogP contribution in [-0.4, -0.2) is 25.5 Å².